The lowest BCUT2D eigenvalue weighted by atomic mass is 9.94. The van der Waals surface area contributed by atoms with Crippen LogP contribution in [0.3, 0.4) is 0 Å². The van der Waals surface area contributed by atoms with Crippen molar-refractivity contribution in [2.45, 2.75) is 44.6 Å². The largest absolute Gasteiger partial charge is 0.341 e. The fourth-order valence-electron chi connectivity index (χ4n) is 3.25. The van der Waals surface area contributed by atoms with Gasteiger partial charge in [-0.3, -0.25) is 4.79 Å². The maximum atomic E-state index is 12.7. The van der Waals surface area contributed by atoms with E-state index in [0.29, 0.717) is 33.7 Å². The van der Waals surface area contributed by atoms with Gasteiger partial charge < -0.3 is 15.2 Å². The molecule has 2 aromatic rings. The average molecular weight is 397 g/mol. The second-order valence-electron chi connectivity index (χ2n) is 6.53. The predicted octanol–water partition coefficient (Wildman–Crippen LogP) is 3.88. The lowest BCUT2D eigenvalue weighted by Gasteiger charge is -2.24. The smallest absolute Gasteiger partial charge is 0.240 e. The minimum absolute atomic E-state index is 0.0507. The first-order chi connectivity index (χ1) is 12.5. The fraction of sp³-hybridized carbons (Fsp3) is 0.500. The highest BCUT2D eigenvalue weighted by Crippen LogP contribution is 2.31. The molecule has 6 nitrogen and oxygen atoms in total. The highest BCUT2D eigenvalue weighted by molar-refractivity contribution is 6.36. The predicted molar refractivity (Wildman–Crippen MR) is 101 cm³/mol. The average Bonchev–Trinajstić information content (AvgIpc) is 3.30. The van der Waals surface area contributed by atoms with Crippen molar-refractivity contribution in [1.29, 1.82) is 0 Å². The Labute approximate surface area is 162 Å². The van der Waals surface area contributed by atoms with Crippen LogP contribution in [-0.2, 0) is 4.79 Å². The van der Waals surface area contributed by atoms with E-state index in [0.717, 1.165) is 32.4 Å². The van der Waals surface area contributed by atoms with Crippen molar-refractivity contribution in [2.75, 3.05) is 13.1 Å². The zero-order valence-electron chi connectivity index (χ0n) is 14.6. The molecule has 1 aliphatic heterocycles. The highest BCUT2D eigenvalue weighted by Gasteiger charge is 2.34. The van der Waals surface area contributed by atoms with Crippen molar-refractivity contribution in [3.8, 4) is 11.4 Å². The van der Waals surface area contributed by atoms with Crippen LogP contribution in [0, 0.1) is 0 Å². The van der Waals surface area contributed by atoms with Crippen LogP contribution in [0.5, 0.6) is 0 Å². The highest BCUT2D eigenvalue weighted by atomic mass is 35.5. The number of halogens is 2. The Morgan fingerprint density at radius 3 is 2.73 bits per heavy atom. The summed E-state index contributed by atoms with van der Waals surface area (Å²) >= 11 is 12.2. The minimum Gasteiger partial charge on any atom is -0.341 e. The van der Waals surface area contributed by atoms with Crippen molar-refractivity contribution in [3.05, 3.63) is 34.1 Å². The lowest BCUT2D eigenvalue weighted by Crippen LogP contribution is -2.46. The van der Waals surface area contributed by atoms with Crippen molar-refractivity contribution >= 4 is 29.1 Å². The molecule has 1 aromatic carbocycles. The molecule has 1 aliphatic rings. The first-order valence-corrected chi connectivity index (χ1v) is 9.60. The summed E-state index contributed by atoms with van der Waals surface area (Å²) in [4.78, 5) is 19.0. The van der Waals surface area contributed by atoms with Crippen LogP contribution in [0.2, 0.25) is 10.0 Å². The zero-order valence-corrected chi connectivity index (χ0v) is 16.1. The summed E-state index contributed by atoms with van der Waals surface area (Å²) in [6.45, 7) is 3.56. The number of carbonyl (C=O) groups is 1. The van der Waals surface area contributed by atoms with Crippen molar-refractivity contribution in [1.82, 2.24) is 15.0 Å². The molecule has 0 saturated carbocycles. The van der Waals surface area contributed by atoms with Gasteiger partial charge in [0.05, 0.1) is 17.0 Å². The summed E-state index contributed by atoms with van der Waals surface area (Å²) in [6.07, 6.45) is 3.59. The van der Waals surface area contributed by atoms with Gasteiger partial charge in [0.25, 0.3) is 0 Å². The number of benzene rings is 1. The number of hydrogen-bond acceptors (Lipinski definition) is 5. The Bertz CT molecular complexity index is 774. The monoisotopic (exact) mass is 396 g/mol. The molecule has 2 N–H and O–H groups in total. The van der Waals surface area contributed by atoms with E-state index < -0.39 is 6.04 Å². The standard InChI is InChI=1S/C18H22Cl2N4O2/c1-2-5-13(15(21)18(25)24-8-3-4-9-24)17-22-16(23-26-17)12-7-6-11(19)10-14(12)20/h6-7,10,13,15H,2-5,8-9,21H2,1H3/t13?,15-/m0/s1. The van der Waals surface area contributed by atoms with Gasteiger partial charge >= 0.3 is 0 Å². The molecule has 2 heterocycles. The normalized spacial score (nSPS) is 16.7. The number of carbonyl (C=O) groups excluding carboxylic acids is 1. The molecule has 1 unspecified atom stereocenters. The Morgan fingerprint density at radius 2 is 2.08 bits per heavy atom. The summed E-state index contributed by atoms with van der Waals surface area (Å²) in [6, 6.07) is 4.39. The summed E-state index contributed by atoms with van der Waals surface area (Å²) in [5.41, 5.74) is 6.92. The quantitative estimate of drug-likeness (QED) is 0.800. The van der Waals surface area contributed by atoms with E-state index in [1.165, 1.54) is 0 Å². The van der Waals surface area contributed by atoms with E-state index in [9.17, 15) is 4.79 Å². The van der Waals surface area contributed by atoms with Gasteiger partial charge in [-0.15, -0.1) is 0 Å². The molecule has 8 heteroatoms. The van der Waals surface area contributed by atoms with Gasteiger partial charge in [0.15, 0.2) is 0 Å². The van der Waals surface area contributed by atoms with E-state index >= 15 is 0 Å². The third-order valence-corrected chi connectivity index (χ3v) is 5.21. The van der Waals surface area contributed by atoms with Gasteiger partial charge in [0.1, 0.15) is 0 Å². The third kappa shape index (κ3) is 4.03. The van der Waals surface area contributed by atoms with E-state index in [1.54, 1.807) is 18.2 Å². The van der Waals surface area contributed by atoms with E-state index in [2.05, 4.69) is 10.1 Å². The molecule has 3 rings (SSSR count). The van der Waals surface area contributed by atoms with Crippen LogP contribution in [0.25, 0.3) is 11.4 Å². The first kappa shape index (κ1) is 19.1. The van der Waals surface area contributed by atoms with Gasteiger partial charge in [0.2, 0.25) is 17.6 Å². The van der Waals surface area contributed by atoms with E-state index in [1.807, 2.05) is 11.8 Å². The molecule has 1 aromatic heterocycles. The Kier molecular flexibility index (Phi) is 6.16. The van der Waals surface area contributed by atoms with Gasteiger partial charge in [-0.1, -0.05) is 41.7 Å². The van der Waals surface area contributed by atoms with Crippen LogP contribution in [0.1, 0.15) is 44.4 Å². The molecule has 0 bridgehead atoms. The Balaban J connectivity index is 1.84. The SMILES string of the molecule is CCCC(c1nc(-c2ccc(Cl)cc2Cl)no1)[C@H](N)C(=O)N1CCCC1. The van der Waals surface area contributed by atoms with Gasteiger partial charge in [0, 0.05) is 23.7 Å². The van der Waals surface area contributed by atoms with E-state index in [4.69, 9.17) is 33.5 Å². The summed E-state index contributed by atoms with van der Waals surface area (Å²) in [5, 5.41) is 5.00. The molecular formula is C18H22Cl2N4O2. The molecule has 0 radical (unpaired) electrons. The maximum absolute atomic E-state index is 12.7. The molecule has 1 saturated heterocycles. The Hall–Kier alpha value is -1.63. The molecule has 0 spiro atoms. The van der Waals surface area contributed by atoms with Crippen molar-refractivity contribution < 1.29 is 9.32 Å². The molecule has 0 aliphatic carbocycles. The summed E-state index contributed by atoms with van der Waals surface area (Å²) < 4.78 is 5.45. The molecule has 140 valence electrons. The van der Waals surface area contributed by atoms with Crippen LogP contribution in [0.4, 0.5) is 0 Å². The van der Waals surface area contributed by atoms with Crippen LogP contribution in [0.15, 0.2) is 22.7 Å². The Morgan fingerprint density at radius 1 is 1.35 bits per heavy atom. The number of amides is 1. The molecular weight excluding hydrogens is 375 g/mol. The number of nitrogens with two attached hydrogens (primary N) is 1. The summed E-state index contributed by atoms with van der Waals surface area (Å²) in [5.74, 6) is 0.363. The number of aromatic nitrogens is 2. The number of rotatable bonds is 6. The maximum Gasteiger partial charge on any atom is 0.240 e. The molecule has 1 amide bonds. The van der Waals surface area contributed by atoms with Crippen LogP contribution in [-0.4, -0.2) is 40.1 Å². The topological polar surface area (TPSA) is 85.2 Å². The minimum atomic E-state index is -0.693. The summed E-state index contributed by atoms with van der Waals surface area (Å²) in [7, 11) is 0. The van der Waals surface area contributed by atoms with Gasteiger partial charge in [-0.2, -0.15) is 4.98 Å². The molecule has 2 atom stereocenters. The van der Waals surface area contributed by atoms with Crippen molar-refractivity contribution in [3.63, 3.8) is 0 Å². The van der Waals surface area contributed by atoms with Crippen molar-refractivity contribution in [2.24, 2.45) is 5.73 Å². The number of nitrogens with zero attached hydrogens (tertiary/aromatic N) is 3. The number of likely N-dealkylation sites (tertiary alicyclic amines) is 1. The second-order valence-corrected chi connectivity index (χ2v) is 7.38. The van der Waals surface area contributed by atoms with E-state index in [-0.39, 0.29) is 11.8 Å². The third-order valence-electron chi connectivity index (χ3n) is 4.67. The molecule has 26 heavy (non-hydrogen) atoms. The first-order valence-electron chi connectivity index (χ1n) is 8.84. The fourth-order valence-corrected chi connectivity index (χ4v) is 3.75. The molecule has 1 fully saturated rings. The van der Waals surface area contributed by atoms with Crippen LogP contribution < -0.4 is 5.73 Å². The van der Waals surface area contributed by atoms with Gasteiger partial charge in [-0.25, -0.2) is 0 Å². The number of hydrogen-bond donors (Lipinski definition) is 1. The zero-order chi connectivity index (χ0) is 18.7. The lowest BCUT2D eigenvalue weighted by molar-refractivity contribution is -0.132. The van der Waals surface area contributed by atoms with Gasteiger partial charge in [-0.05, 0) is 37.5 Å². The van der Waals surface area contributed by atoms with Crippen LogP contribution >= 0.6 is 23.2 Å². The second kappa shape index (κ2) is 8.37.